The van der Waals surface area contributed by atoms with Crippen LogP contribution in [0.4, 0.5) is 39.8 Å². The van der Waals surface area contributed by atoms with E-state index in [0.717, 1.165) is 17.2 Å². The molecule has 0 fully saturated rings. The Labute approximate surface area is 714 Å². The van der Waals surface area contributed by atoms with E-state index in [1.165, 1.54) is 108 Å². The Morgan fingerprint density at radius 1 is 0.455 bits per heavy atom. The van der Waals surface area contributed by atoms with Gasteiger partial charge in [0.25, 0.3) is 0 Å². The van der Waals surface area contributed by atoms with E-state index < -0.39 is 11.6 Å². The van der Waals surface area contributed by atoms with Gasteiger partial charge < -0.3 is 69.6 Å². The number of amides is 1. The molecule has 0 spiro atoms. The lowest BCUT2D eigenvalue weighted by atomic mass is 9.79. The van der Waals surface area contributed by atoms with Crippen LogP contribution in [0.3, 0.4) is 0 Å². The molecule has 0 aromatic heterocycles. The molecule has 1 aliphatic heterocycles. The van der Waals surface area contributed by atoms with E-state index in [-0.39, 0.29) is 47.2 Å². The number of benzene rings is 12. The Hall–Kier alpha value is -13.8. The van der Waals surface area contributed by atoms with Gasteiger partial charge in [0.05, 0.1) is 18.7 Å². The molecule has 13 rings (SSSR count). The van der Waals surface area contributed by atoms with Crippen LogP contribution in [-0.4, -0.2) is 140 Å². The monoisotopic (exact) mass is 1620 g/mol. The zero-order chi connectivity index (χ0) is 86.9. The third kappa shape index (κ3) is 24.0. The molecule has 1 amide bonds. The molecule has 5 N–H and O–H groups in total. The number of carbonyl (C=O) groups is 2. The van der Waals surface area contributed by atoms with Gasteiger partial charge in [0.2, 0.25) is 5.91 Å². The summed E-state index contributed by atoms with van der Waals surface area (Å²) in [5.41, 5.74) is 33.5. The summed E-state index contributed by atoms with van der Waals surface area (Å²) in [4.78, 5) is 40.8. The number of hydrogen-bond donors (Lipinski definition) is 4. The van der Waals surface area contributed by atoms with Crippen LogP contribution in [0.25, 0.3) is 10.4 Å². The number of nitrogens with one attached hydrogen (secondary N) is 1. The standard InChI is InChI=1S/C26H28N2O.C26H25NO5.C25H29N5O.C25H31N3O/c1-6-19-29-25-17-11-22(12-18-25)26(20-7-13-23(14-8-20)27(2)3)21-9-15-24(16-10-21)28(4)5;1-25(2,3)15-23(30)27-18-8-13-21-22(14-18)26(32-24(21)31,16-4-9-19(28)10-5-16)17-6-11-20(29)12-7-17;1-29(2)22-11-5-19(6-12-22)25(20-7-13-23(14-8-20)30(3)4)21-9-15-24(16-10-21)31-18-17-27-28-26;1-27(2)22-11-5-19(6-12-22)25(20-7-13-23(14-8-20)28(3)4)21-9-15-24(16-10-21)29-18-17-26/h1,7-18,26H,19H2,2-5H3;4-14,28-29H,15H2,1-3H3,(H,27,30);5-16,25H,17-18H2,1-4H3;5-16,25H,17-18,26H2,1-4H3. The number of phenolic OH excluding ortho intramolecular Hbond substituents is 2. The number of rotatable bonds is 28. The van der Waals surface area contributed by atoms with Crippen LogP contribution in [0.1, 0.15) is 122 Å². The number of cyclic esters (lactones) is 1. The van der Waals surface area contributed by atoms with Crippen LogP contribution in [-0.2, 0) is 15.1 Å². The molecule has 0 radical (unpaired) electrons. The molecule has 12 aromatic rings. The fourth-order valence-corrected chi connectivity index (χ4v) is 14.4. The average molecular weight is 1620 g/mol. The van der Waals surface area contributed by atoms with Gasteiger partial charge in [0.1, 0.15) is 42.0 Å². The Morgan fingerprint density at radius 3 is 1.02 bits per heavy atom. The van der Waals surface area contributed by atoms with Crippen LogP contribution in [0.15, 0.2) is 290 Å². The summed E-state index contributed by atoms with van der Waals surface area (Å²) in [5, 5.41) is 26.0. The fourth-order valence-electron chi connectivity index (χ4n) is 14.4. The van der Waals surface area contributed by atoms with Crippen molar-refractivity contribution < 1.29 is 38.7 Å². The number of phenols is 2. The number of ether oxygens (including phenoxy) is 4. The lowest BCUT2D eigenvalue weighted by Gasteiger charge is -2.30. The minimum atomic E-state index is -1.29. The predicted octanol–water partition coefficient (Wildman–Crippen LogP) is 20.0. The number of azide groups is 1. The van der Waals surface area contributed by atoms with Crippen molar-refractivity contribution in [2.24, 2.45) is 16.3 Å². The second kappa shape index (κ2) is 42.0. The molecule has 12 aromatic carbocycles. The van der Waals surface area contributed by atoms with Gasteiger partial charge >= 0.3 is 5.97 Å². The quantitative estimate of drug-likeness (QED) is 0.00682. The minimum Gasteiger partial charge on any atom is -0.508 e. The average Bonchev–Trinajstić information content (AvgIpc) is 1.57. The normalized spacial score (nSPS) is 11.6. The number of aromatic hydroxyl groups is 2. The first-order valence-electron chi connectivity index (χ1n) is 40.3. The topological polar surface area (TPSA) is 218 Å². The molecular weight excluding hydrogens is 1510 g/mol. The van der Waals surface area contributed by atoms with Gasteiger partial charge in [0, 0.05) is 177 Å². The smallest absolute Gasteiger partial charge is 0.340 e. The maximum Gasteiger partial charge on any atom is 0.340 e. The Balaban J connectivity index is 0.000000169. The van der Waals surface area contributed by atoms with E-state index in [0.29, 0.717) is 60.7 Å². The third-order valence-corrected chi connectivity index (χ3v) is 20.7. The summed E-state index contributed by atoms with van der Waals surface area (Å²) in [5.74, 6) is 4.88. The van der Waals surface area contributed by atoms with Crippen LogP contribution < -0.4 is 54.7 Å². The van der Waals surface area contributed by atoms with Crippen molar-refractivity contribution in [1.29, 1.82) is 0 Å². The Bertz CT molecular complexity index is 5180. The number of carbonyl (C=O) groups excluding carboxylic acids is 2. The molecule has 0 bridgehead atoms. The first-order valence-corrected chi connectivity index (χ1v) is 40.3. The second-order valence-corrected chi connectivity index (χ2v) is 32.1. The largest absolute Gasteiger partial charge is 0.508 e. The highest BCUT2D eigenvalue weighted by Crippen LogP contribution is 2.49. The summed E-state index contributed by atoms with van der Waals surface area (Å²) in [7, 11) is 24.7. The third-order valence-electron chi connectivity index (χ3n) is 20.7. The van der Waals surface area contributed by atoms with Crippen molar-refractivity contribution >= 4 is 51.7 Å². The summed E-state index contributed by atoms with van der Waals surface area (Å²) >= 11 is 0. The highest BCUT2D eigenvalue weighted by Gasteiger charge is 2.49. The van der Waals surface area contributed by atoms with Crippen molar-refractivity contribution in [2.45, 2.75) is 50.5 Å². The van der Waals surface area contributed by atoms with E-state index in [4.69, 9.17) is 36.6 Å². The molecule has 19 nitrogen and oxygen atoms in total. The number of terminal acetylenes is 1. The van der Waals surface area contributed by atoms with Crippen molar-refractivity contribution in [2.75, 3.05) is 152 Å². The van der Waals surface area contributed by atoms with Crippen LogP contribution >= 0.6 is 0 Å². The molecule has 1 aliphatic rings. The summed E-state index contributed by atoms with van der Waals surface area (Å²) in [6, 6.07) is 95.2. The van der Waals surface area contributed by atoms with Gasteiger partial charge in [-0.2, -0.15) is 0 Å². The molecule has 121 heavy (non-hydrogen) atoms. The molecule has 624 valence electrons. The van der Waals surface area contributed by atoms with Gasteiger partial charge in [-0.05, 0) is 213 Å². The summed E-state index contributed by atoms with van der Waals surface area (Å²) in [6.07, 6.45) is 5.64. The van der Waals surface area contributed by atoms with Crippen molar-refractivity contribution in [1.82, 2.24) is 0 Å². The molecular formula is C102H113N11O8. The molecule has 0 saturated heterocycles. The number of nitrogens with two attached hydrogens (primary N) is 1. The van der Waals surface area contributed by atoms with E-state index in [9.17, 15) is 19.8 Å². The molecule has 0 saturated carbocycles. The molecule has 1 heterocycles. The fraction of sp³-hybridized carbons (Fsp3) is 0.255. The number of nitrogens with zero attached hydrogens (tertiary/aromatic N) is 9. The number of anilines is 7. The SMILES string of the molecule is C#CCOc1ccc(C(c2ccc(N(C)C)cc2)c2ccc(N(C)C)cc2)cc1.CC(C)(C)CC(=O)Nc1ccc2c(c1)C(c1ccc(O)cc1)(c1ccc(O)cc1)OC2=O.CN(C)c1ccc(C(c2ccc(OCCN)cc2)c2ccc(N(C)C)cc2)cc1.CN(C)c1ccc(C(c2ccc(OCCN=[N+]=[N-])cc2)c2ccc(N(C)C)cc2)cc1. The maximum absolute atomic E-state index is 12.9. The maximum atomic E-state index is 12.9. The van der Waals surface area contributed by atoms with Gasteiger partial charge in [-0.15, -0.1) is 6.42 Å². The van der Waals surface area contributed by atoms with E-state index in [1.807, 2.05) is 85.4 Å². The minimum absolute atomic E-state index is 0.0855. The van der Waals surface area contributed by atoms with Gasteiger partial charge in [-0.3, -0.25) is 4.79 Å². The van der Waals surface area contributed by atoms with Crippen molar-refractivity contribution in [3.63, 3.8) is 0 Å². The Kier molecular flexibility index (Phi) is 31.1. The number of esters is 1. The van der Waals surface area contributed by atoms with Crippen LogP contribution in [0, 0.1) is 17.8 Å². The zero-order valence-corrected chi connectivity index (χ0v) is 72.1. The lowest BCUT2D eigenvalue weighted by Crippen LogP contribution is -2.29. The molecule has 0 atom stereocenters. The summed E-state index contributed by atoms with van der Waals surface area (Å²) < 4.78 is 22.8. The van der Waals surface area contributed by atoms with Crippen LogP contribution in [0.2, 0.25) is 0 Å². The van der Waals surface area contributed by atoms with Gasteiger partial charge in [-0.1, -0.05) is 165 Å². The lowest BCUT2D eigenvalue weighted by molar-refractivity contribution is -0.117. The van der Waals surface area contributed by atoms with E-state index in [2.05, 4.69) is 289 Å². The molecule has 0 aliphatic carbocycles. The number of fused-ring (bicyclic) bond motifs is 1. The zero-order valence-electron chi connectivity index (χ0n) is 72.1. The number of hydrogen-bond acceptors (Lipinski definition) is 16. The highest BCUT2D eigenvalue weighted by molar-refractivity contribution is 5.98. The van der Waals surface area contributed by atoms with Crippen LogP contribution in [0.5, 0.6) is 28.7 Å². The first-order chi connectivity index (χ1) is 58.1. The highest BCUT2D eigenvalue weighted by atomic mass is 16.6. The molecule has 19 heteroatoms. The van der Waals surface area contributed by atoms with Crippen molar-refractivity contribution in [3.8, 4) is 41.1 Å². The van der Waals surface area contributed by atoms with E-state index >= 15 is 0 Å². The van der Waals surface area contributed by atoms with Crippen molar-refractivity contribution in [3.05, 3.63) is 368 Å². The van der Waals surface area contributed by atoms with Gasteiger partial charge in [0.15, 0.2) is 5.60 Å². The predicted molar refractivity (Wildman–Crippen MR) is 496 cm³/mol. The summed E-state index contributed by atoms with van der Waals surface area (Å²) in [6.45, 7) is 7.97. The van der Waals surface area contributed by atoms with Gasteiger partial charge in [-0.25, -0.2) is 4.79 Å². The Morgan fingerprint density at radius 2 is 0.744 bits per heavy atom. The molecule has 0 unspecified atom stereocenters. The first kappa shape index (κ1) is 89.6. The second-order valence-electron chi connectivity index (χ2n) is 32.1. The van der Waals surface area contributed by atoms with E-state index in [1.54, 1.807) is 42.5 Å².